The molecule has 0 bridgehead atoms. The van der Waals surface area contributed by atoms with Gasteiger partial charge in [-0.1, -0.05) is 42.3 Å². The van der Waals surface area contributed by atoms with Crippen LogP contribution in [0.1, 0.15) is 15.9 Å². The second kappa shape index (κ2) is 7.58. The Balaban J connectivity index is 2.13. The van der Waals surface area contributed by atoms with E-state index in [0.717, 1.165) is 5.56 Å². The van der Waals surface area contributed by atoms with Gasteiger partial charge in [-0.2, -0.15) is 0 Å². The summed E-state index contributed by atoms with van der Waals surface area (Å²) < 4.78 is 27.1. The van der Waals surface area contributed by atoms with E-state index in [1.165, 1.54) is 24.3 Å². The van der Waals surface area contributed by atoms with Crippen LogP contribution >= 0.6 is 0 Å². The molecule has 5 nitrogen and oxygen atoms in total. The van der Waals surface area contributed by atoms with Crippen LogP contribution in [0.4, 0.5) is 0 Å². The van der Waals surface area contributed by atoms with Gasteiger partial charge in [-0.3, -0.25) is 4.79 Å². The van der Waals surface area contributed by atoms with Gasteiger partial charge in [0.1, 0.15) is 0 Å². The molecule has 0 saturated carbocycles. The molecule has 0 aliphatic heterocycles. The van der Waals surface area contributed by atoms with Crippen molar-refractivity contribution in [3.63, 3.8) is 0 Å². The van der Waals surface area contributed by atoms with E-state index in [1.54, 1.807) is 0 Å². The largest absolute Gasteiger partial charge is 0.341 e. The van der Waals surface area contributed by atoms with E-state index in [2.05, 4.69) is 16.0 Å². The fourth-order valence-electron chi connectivity index (χ4n) is 1.90. The summed E-state index contributed by atoms with van der Waals surface area (Å²) >= 11 is 0. The van der Waals surface area contributed by atoms with E-state index in [-0.39, 0.29) is 23.5 Å². The van der Waals surface area contributed by atoms with Gasteiger partial charge in [0, 0.05) is 12.1 Å². The van der Waals surface area contributed by atoms with Gasteiger partial charge >= 0.3 is 0 Å². The van der Waals surface area contributed by atoms with Gasteiger partial charge in [0.15, 0.2) is 0 Å². The van der Waals surface area contributed by atoms with Gasteiger partial charge < -0.3 is 5.32 Å². The number of amides is 1. The quantitative estimate of drug-likeness (QED) is 0.790. The van der Waals surface area contributed by atoms with Crippen molar-refractivity contribution in [2.24, 2.45) is 0 Å². The molecule has 0 radical (unpaired) electrons. The van der Waals surface area contributed by atoms with E-state index < -0.39 is 15.9 Å². The maximum Gasteiger partial charge on any atom is 0.252 e. The molecule has 0 fully saturated rings. The molecule has 0 unspecified atom stereocenters. The minimum Gasteiger partial charge on any atom is -0.341 e. The molecule has 0 spiro atoms. The molecule has 118 valence electrons. The van der Waals surface area contributed by atoms with E-state index in [9.17, 15) is 13.2 Å². The number of hydrogen-bond donors (Lipinski definition) is 2. The van der Waals surface area contributed by atoms with Crippen molar-refractivity contribution in [2.75, 3.05) is 6.54 Å². The first kappa shape index (κ1) is 16.7. The third-order valence-electron chi connectivity index (χ3n) is 3.07. The lowest BCUT2D eigenvalue weighted by atomic mass is 10.2. The average molecular weight is 328 g/mol. The molecular formula is C17H16N2O3S. The number of terminal acetylenes is 1. The van der Waals surface area contributed by atoms with Crippen LogP contribution in [0.2, 0.25) is 0 Å². The number of rotatable bonds is 6. The highest BCUT2D eigenvalue weighted by molar-refractivity contribution is 7.89. The SMILES string of the molecule is C#CCNC(=O)c1cccc(S(=O)(=O)NCc2ccccc2)c1. The monoisotopic (exact) mass is 328 g/mol. The molecule has 0 aliphatic rings. The highest BCUT2D eigenvalue weighted by Crippen LogP contribution is 2.12. The number of carbonyl (C=O) groups excluding carboxylic acids is 1. The molecule has 2 aromatic carbocycles. The molecule has 0 aromatic heterocycles. The fraction of sp³-hybridized carbons (Fsp3) is 0.118. The summed E-state index contributed by atoms with van der Waals surface area (Å²) in [6.07, 6.45) is 5.08. The van der Waals surface area contributed by atoms with Gasteiger partial charge in [0.25, 0.3) is 5.91 Å². The Kier molecular flexibility index (Phi) is 5.52. The third kappa shape index (κ3) is 4.68. The van der Waals surface area contributed by atoms with E-state index >= 15 is 0 Å². The summed E-state index contributed by atoms with van der Waals surface area (Å²) in [5.74, 6) is 1.88. The zero-order chi connectivity index (χ0) is 16.7. The summed E-state index contributed by atoms with van der Waals surface area (Å²) in [6.45, 7) is 0.263. The molecule has 23 heavy (non-hydrogen) atoms. The lowest BCUT2D eigenvalue weighted by molar-refractivity contribution is 0.0958. The number of nitrogens with one attached hydrogen (secondary N) is 2. The van der Waals surface area contributed by atoms with Gasteiger partial charge in [-0.25, -0.2) is 13.1 Å². The van der Waals surface area contributed by atoms with Gasteiger partial charge in [0.2, 0.25) is 10.0 Å². The van der Waals surface area contributed by atoms with Crippen molar-refractivity contribution >= 4 is 15.9 Å². The first-order valence-corrected chi connectivity index (χ1v) is 8.36. The Morgan fingerprint density at radius 3 is 2.52 bits per heavy atom. The standard InChI is InChI=1S/C17H16N2O3S/c1-2-11-18-17(20)15-9-6-10-16(12-15)23(21,22)19-13-14-7-4-3-5-8-14/h1,3-10,12,19H,11,13H2,(H,18,20). The molecule has 2 rings (SSSR count). The zero-order valence-electron chi connectivity index (χ0n) is 12.3. The van der Waals surface area contributed by atoms with Crippen LogP contribution < -0.4 is 10.0 Å². The van der Waals surface area contributed by atoms with Gasteiger partial charge in [-0.15, -0.1) is 6.42 Å². The lowest BCUT2D eigenvalue weighted by Crippen LogP contribution is -2.25. The van der Waals surface area contributed by atoms with E-state index in [1.807, 2.05) is 30.3 Å². The maximum atomic E-state index is 12.3. The molecule has 0 saturated heterocycles. The number of sulfonamides is 1. The predicted molar refractivity (Wildman–Crippen MR) is 88.1 cm³/mol. The van der Waals surface area contributed by atoms with Crippen molar-refractivity contribution in [1.29, 1.82) is 0 Å². The van der Waals surface area contributed by atoms with Crippen LogP contribution in [-0.2, 0) is 16.6 Å². The molecule has 0 heterocycles. The van der Waals surface area contributed by atoms with Crippen molar-refractivity contribution in [3.05, 3.63) is 65.7 Å². The first-order valence-electron chi connectivity index (χ1n) is 6.88. The highest BCUT2D eigenvalue weighted by atomic mass is 32.2. The second-order valence-electron chi connectivity index (χ2n) is 4.72. The van der Waals surface area contributed by atoms with E-state index in [4.69, 9.17) is 6.42 Å². The molecule has 6 heteroatoms. The number of carbonyl (C=O) groups is 1. The Hall–Kier alpha value is -2.62. The molecule has 2 N–H and O–H groups in total. The Morgan fingerprint density at radius 2 is 1.83 bits per heavy atom. The lowest BCUT2D eigenvalue weighted by Gasteiger charge is -2.08. The van der Waals surface area contributed by atoms with Crippen LogP contribution in [0.25, 0.3) is 0 Å². The summed E-state index contributed by atoms with van der Waals surface area (Å²) in [5, 5.41) is 2.49. The second-order valence-corrected chi connectivity index (χ2v) is 6.49. The van der Waals surface area contributed by atoms with Crippen molar-refractivity contribution in [3.8, 4) is 12.3 Å². The minimum atomic E-state index is -3.71. The molecule has 0 aliphatic carbocycles. The van der Waals surface area contributed by atoms with Gasteiger partial charge in [0.05, 0.1) is 11.4 Å². The Morgan fingerprint density at radius 1 is 1.09 bits per heavy atom. The van der Waals surface area contributed by atoms with Crippen LogP contribution in [0, 0.1) is 12.3 Å². The Bertz CT molecular complexity index is 824. The number of benzene rings is 2. The van der Waals surface area contributed by atoms with Crippen LogP contribution in [0.5, 0.6) is 0 Å². The van der Waals surface area contributed by atoms with Crippen molar-refractivity contribution in [2.45, 2.75) is 11.4 Å². The minimum absolute atomic E-state index is 0.0294. The van der Waals surface area contributed by atoms with Crippen LogP contribution in [0.15, 0.2) is 59.5 Å². The van der Waals surface area contributed by atoms with Crippen molar-refractivity contribution in [1.82, 2.24) is 10.0 Å². The fourth-order valence-corrected chi connectivity index (χ4v) is 2.96. The predicted octanol–water partition coefficient (Wildman–Crippen LogP) is 1.53. The normalized spacial score (nSPS) is 10.7. The van der Waals surface area contributed by atoms with Crippen LogP contribution in [-0.4, -0.2) is 20.9 Å². The van der Waals surface area contributed by atoms with Gasteiger partial charge in [-0.05, 0) is 23.8 Å². The smallest absolute Gasteiger partial charge is 0.252 e. The average Bonchev–Trinajstić information content (AvgIpc) is 2.59. The topological polar surface area (TPSA) is 75.3 Å². The molecular weight excluding hydrogens is 312 g/mol. The first-order chi connectivity index (χ1) is 11.0. The molecule has 0 atom stereocenters. The van der Waals surface area contributed by atoms with Crippen molar-refractivity contribution < 1.29 is 13.2 Å². The number of hydrogen-bond acceptors (Lipinski definition) is 3. The van der Waals surface area contributed by atoms with Crippen LogP contribution in [0.3, 0.4) is 0 Å². The zero-order valence-corrected chi connectivity index (χ0v) is 13.1. The van der Waals surface area contributed by atoms with E-state index in [0.29, 0.717) is 0 Å². The summed E-state index contributed by atoms with van der Waals surface area (Å²) in [4.78, 5) is 11.9. The summed E-state index contributed by atoms with van der Waals surface area (Å²) in [7, 11) is -3.71. The highest BCUT2D eigenvalue weighted by Gasteiger charge is 2.15. The summed E-state index contributed by atoms with van der Waals surface area (Å²) in [5.41, 5.74) is 1.09. The maximum absolute atomic E-state index is 12.3. The summed E-state index contributed by atoms with van der Waals surface area (Å²) in [6, 6.07) is 15.0. The Labute approximate surface area is 135 Å². The third-order valence-corrected chi connectivity index (χ3v) is 4.47. The molecule has 2 aromatic rings. The molecule has 1 amide bonds.